The van der Waals surface area contributed by atoms with Gasteiger partial charge in [-0.1, -0.05) is 49.0 Å². The lowest BCUT2D eigenvalue weighted by atomic mass is 9.89. The van der Waals surface area contributed by atoms with Crippen LogP contribution in [0, 0.1) is 0 Å². The summed E-state index contributed by atoms with van der Waals surface area (Å²) in [5.74, 6) is 0.776. The monoisotopic (exact) mass is 522 g/mol. The van der Waals surface area contributed by atoms with Crippen LogP contribution >= 0.6 is 0 Å². The molecule has 2 aromatic rings. The van der Waals surface area contributed by atoms with E-state index in [1.165, 1.54) is 4.90 Å². The van der Waals surface area contributed by atoms with Crippen LogP contribution in [0.3, 0.4) is 0 Å². The van der Waals surface area contributed by atoms with Crippen LogP contribution in [0.4, 0.5) is 15.3 Å². The van der Waals surface area contributed by atoms with Crippen molar-refractivity contribution >= 4 is 17.9 Å². The number of carboxylic acid groups (broad SMARTS) is 1. The Balaban J connectivity index is 1.80. The van der Waals surface area contributed by atoms with Crippen LogP contribution in [0.1, 0.15) is 71.8 Å². The quantitative estimate of drug-likeness (QED) is 0.315. The highest BCUT2D eigenvalue weighted by Crippen LogP contribution is 2.36. The molecule has 7 nitrogen and oxygen atoms in total. The van der Waals surface area contributed by atoms with E-state index >= 15 is 0 Å². The second-order valence-corrected chi connectivity index (χ2v) is 10.8. The first-order chi connectivity index (χ1) is 18.1. The molecule has 0 heterocycles. The Morgan fingerprint density at radius 3 is 2.37 bits per heavy atom. The number of hydrogen-bond acceptors (Lipinski definition) is 4. The zero-order valence-corrected chi connectivity index (χ0v) is 23.2. The van der Waals surface area contributed by atoms with Gasteiger partial charge in [-0.15, -0.1) is 0 Å². The summed E-state index contributed by atoms with van der Waals surface area (Å²) < 4.78 is 10.9. The molecule has 0 aliphatic heterocycles. The summed E-state index contributed by atoms with van der Waals surface area (Å²) in [5, 5.41) is 13.3. The molecule has 3 rings (SSSR count). The number of benzene rings is 2. The van der Waals surface area contributed by atoms with Gasteiger partial charge in [0.1, 0.15) is 5.60 Å². The molecular formula is C31H42N2O5. The lowest BCUT2D eigenvalue weighted by molar-refractivity contribution is 0.0490. The molecule has 38 heavy (non-hydrogen) atoms. The molecule has 2 N–H and O–H groups in total. The van der Waals surface area contributed by atoms with Gasteiger partial charge in [0, 0.05) is 24.1 Å². The van der Waals surface area contributed by atoms with E-state index < -0.39 is 17.8 Å². The highest BCUT2D eigenvalue weighted by atomic mass is 16.6. The van der Waals surface area contributed by atoms with Crippen molar-refractivity contribution in [1.82, 2.24) is 5.32 Å². The highest BCUT2D eigenvalue weighted by Gasteiger charge is 2.32. The molecule has 1 aliphatic carbocycles. The minimum Gasteiger partial charge on any atom is -0.499 e. The molecule has 0 bridgehead atoms. The molecule has 0 unspecified atom stereocenters. The van der Waals surface area contributed by atoms with E-state index in [1.54, 1.807) is 0 Å². The number of rotatable bonds is 10. The van der Waals surface area contributed by atoms with Crippen LogP contribution in [-0.2, 0) is 15.9 Å². The van der Waals surface area contributed by atoms with Crippen LogP contribution in [0.25, 0.3) is 11.1 Å². The summed E-state index contributed by atoms with van der Waals surface area (Å²) >= 11 is 0. The van der Waals surface area contributed by atoms with Gasteiger partial charge in [-0.3, -0.25) is 4.90 Å². The molecule has 1 fully saturated rings. The van der Waals surface area contributed by atoms with Gasteiger partial charge < -0.3 is 19.9 Å². The molecule has 1 saturated carbocycles. The van der Waals surface area contributed by atoms with E-state index in [0.29, 0.717) is 38.0 Å². The second kappa shape index (κ2) is 13.4. The number of carbonyl (C=O) groups is 2. The fourth-order valence-corrected chi connectivity index (χ4v) is 4.97. The number of ether oxygens (including phenoxy) is 2. The van der Waals surface area contributed by atoms with E-state index in [4.69, 9.17) is 9.47 Å². The average molecular weight is 523 g/mol. The van der Waals surface area contributed by atoms with Crippen molar-refractivity contribution in [2.75, 3.05) is 11.5 Å². The number of allylic oxidation sites excluding steroid dienone is 1. The number of alkyl carbamates (subject to hydrolysis) is 1. The van der Waals surface area contributed by atoms with Crippen molar-refractivity contribution in [3.63, 3.8) is 0 Å². The molecular weight excluding hydrogens is 480 g/mol. The number of nitrogens with one attached hydrogen (secondary N) is 1. The number of nitrogens with zero attached hydrogens (tertiary/aromatic N) is 1. The third-order valence-electron chi connectivity index (χ3n) is 6.66. The van der Waals surface area contributed by atoms with Crippen LogP contribution in [0.2, 0.25) is 0 Å². The summed E-state index contributed by atoms with van der Waals surface area (Å²) in [6.07, 6.45) is 3.72. The summed E-state index contributed by atoms with van der Waals surface area (Å²) in [4.78, 5) is 26.5. The van der Waals surface area contributed by atoms with E-state index in [-0.39, 0.29) is 12.1 Å². The Morgan fingerprint density at radius 2 is 1.76 bits per heavy atom. The summed E-state index contributed by atoms with van der Waals surface area (Å²) in [6, 6.07) is 15.8. The van der Waals surface area contributed by atoms with E-state index in [9.17, 15) is 14.7 Å². The van der Waals surface area contributed by atoms with Crippen molar-refractivity contribution in [3.05, 3.63) is 66.4 Å². The summed E-state index contributed by atoms with van der Waals surface area (Å²) in [5.41, 5.74) is 3.09. The van der Waals surface area contributed by atoms with Crippen molar-refractivity contribution in [3.8, 4) is 11.1 Å². The zero-order valence-electron chi connectivity index (χ0n) is 23.2. The third kappa shape index (κ3) is 8.54. The van der Waals surface area contributed by atoms with Crippen LogP contribution in [-0.4, -0.2) is 41.6 Å². The molecule has 0 saturated heterocycles. The fourth-order valence-electron chi connectivity index (χ4n) is 4.97. The standard InChI is InChI=1S/C31H42N2O5/c1-6-37-22(2)11-10-12-23-15-20-27(24-13-8-7-9-14-24)28(21-23)33(30(35)36)26-18-16-25(17-19-26)32-29(34)38-31(3,4)5/h7-9,13-15,20-21,25-26H,2,6,10-12,16-19H2,1,3-5H3,(H,32,34)(H,35,36)/t25-,26-. The molecule has 0 atom stereocenters. The number of carbonyl (C=O) groups excluding carboxylic acids is 1. The van der Waals surface area contributed by atoms with E-state index in [2.05, 4.69) is 18.0 Å². The zero-order chi connectivity index (χ0) is 27.7. The maximum Gasteiger partial charge on any atom is 0.412 e. The van der Waals surface area contributed by atoms with Crippen LogP contribution < -0.4 is 10.2 Å². The SMILES string of the molecule is C=C(CCCc1ccc(-c2ccccc2)c(N(C(=O)O)[C@H]2CC[C@H](NC(=O)OC(C)(C)C)CC2)c1)OCC. The molecule has 1 aliphatic rings. The molecule has 2 aromatic carbocycles. The number of amides is 2. The Morgan fingerprint density at radius 1 is 1.08 bits per heavy atom. The van der Waals surface area contributed by atoms with Crippen molar-refractivity contribution in [2.45, 2.75) is 90.3 Å². The maximum absolute atomic E-state index is 12.7. The minimum absolute atomic E-state index is 0.0323. The number of aryl methyl sites for hydroxylation is 1. The average Bonchev–Trinajstić information content (AvgIpc) is 2.85. The van der Waals surface area contributed by atoms with E-state index in [1.807, 2.05) is 70.2 Å². The molecule has 206 valence electrons. The summed E-state index contributed by atoms with van der Waals surface area (Å²) in [6.45, 7) is 12.0. The Kier molecular flexibility index (Phi) is 10.2. The molecule has 0 aromatic heterocycles. The van der Waals surface area contributed by atoms with Gasteiger partial charge in [0.15, 0.2) is 0 Å². The smallest absolute Gasteiger partial charge is 0.412 e. The number of anilines is 1. The molecule has 7 heteroatoms. The maximum atomic E-state index is 12.7. The lowest BCUT2D eigenvalue weighted by Gasteiger charge is -2.36. The van der Waals surface area contributed by atoms with Gasteiger partial charge in [0.05, 0.1) is 18.1 Å². The molecule has 2 amide bonds. The Hall–Kier alpha value is -3.48. The molecule has 0 spiro atoms. The van der Waals surface area contributed by atoms with Crippen molar-refractivity contribution < 1.29 is 24.2 Å². The largest absolute Gasteiger partial charge is 0.499 e. The van der Waals surface area contributed by atoms with Crippen molar-refractivity contribution in [2.24, 2.45) is 0 Å². The predicted octanol–water partition coefficient (Wildman–Crippen LogP) is 7.55. The topological polar surface area (TPSA) is 88.1 Å². The predicted molar refractivity (Wildman–Crippen MR) is 151 cm³/mol. The number of hydrogen-bond donors (Lipinski definition) is 2. The van der Waals surface area contributed by atoms with E-state index in [0.717, 1.165) is 41.7 Å². The van der Waals surface area contributed by atoms with Gasteiger partial charge in [-0.2, -0.15) is 0 Å². The minimum atomic E-state index is -0.965. The Bertz CT molecular complexity index is 1090. The lowest BCUT2D eigenvalue weighted by Crippen LogP contribution is -2.47. The first-order valence-electron chi connectivity index (χ1n) is 13.6. The third-order valence-corrected chi connectivity index (χ3v) is 6.66. The van der Waals surface area contributed by atoms with Gasteiger partial charge >= 0.3 is 12.2 Å². The van der Waals surface area contributed by atoms with Crippen LogP contribution in [0.15, 0.2) is 60.9 Å². The highest BCUT2D eigenvalue weighted by molar-refractivity contribution is 5.93. The van der Waals surface area contributed by atoms with Gasteiger partial charge in [0.2, 0.25) is 0 Å². The first kappa shape index (κ1) is 29.1. The van der Waals surface area contributed by atoms with Gasteiger partial charge in [-0.05, 0) is 83.4 Å². The fraction of sp³-hybridized carbons (Fsp3) is 0.484. The van der Waals surface area contributed by atoms with Crippen molar-refractivity contribution in [1.29, 1.82) is 0 Å². The second-order valence-electron chi connectivity index (χ2n) is 10.8. The summed E-state index contributed by atoms with van der Waals surface area (Å²) in [7, 11) is 0. The Labute approximate surface area is 226 Å². The molecule has 0 radical (unpaired) electrons. The van der Waals surface area contributed by atoms with Gasteiger partial charge in [-0.25, -0.2) is 9.59 Å². The first-order valence-corrected chi connectivity index (χ1v) is 13.6. The van der Waals surface area contributed by atoms with Crippen LogP contribution in [0.5, 0.6) is 0 Å². The normalized spacial score (nSPS) is 17.4. The van der Waals surface area contributed by atoms with Gasteiger partial charge in [0.25, 0.3) is 0 Å².